The maximum absolute atomic E-state index is 11.7. The SMILES string of the molecule is CC(O)CC(C)NC1CN(C(=O)OC(C)(C)C)C1. The van der Waals surface area contributed by atoms with E-state index in [2.05, 4.69) is 5.32 Å². The van der Waals surface area contributed by atoms with E-state index in [1.165, 1.54) is 0 Å². The van der Waals surface area contributed by atoms with E-state index in [-0.39, 0.29) is 18.2 Å². The molecule has 18 heavy (non-hydrogen) atoms. The number of aliphatic hydroxyl groups excluding tert-OH is 1. The van der Waals surface area contributed by atoms with Gasteiger partial charge in [0.2, 0.25) is 0 Å². The number of rotatable bonds is 4. The Morgan fingerprint density at radius 1 is 1.44 bits per heavy atom. The Bertz CT molecular complexity index is 280. The Balaban J connectivity index is 2.21. The maximum Gasteiger partial charge on any atom is 0.410 e. The lowest BCUT2D eigenvalue weighted by molar-refractivity contribution is 0.00368. The number of carbonyl (C=O) groups excluding carboxylic acids is 1. The number of nitrogens with zero attached hydrogens (tertiary/aromatic N) is 1. The van der Waals surface area contributed by atoms with Crippen molar-refractivity contribution >= 4 is 6.09 Å². The highest BCUT2D eigenvalue weighted by Gasteiger charge is 2.34. The summed E-state index contributed by atoms with van der Waals surface area (Å²) in [4.78, 5) is 13.4. The number of hydrogen-bond acceptors (Lipinski definition) is 4. The lowest BCUT2D eigenvalue weighted by Gasteiger charge is -2.41. The van der Waals surface area contributed by atoms with Crippen LogP contribution in [0.1, 0.15) is 41.0 Å². The summed E-state index contributed by atoms with van der Waals surface area (Å²) in [6.07, 6.45) is 0.182. The van der Waals surface area contributed by atoms with Crippen molar-refractivity contribution < 1.29 is 14.6 Å². The van der Waals surface area contributed by atoms with Gasteiger partial charge in [-0.25, -0.2) is 4.79 Å². The average Bonchev–Trinajstić information content (AvgIpc) is 2.05. The molecule has 106 valence electrons. The van der Waals surface area contributed by atoms with Gasteiger partial charge in [-0.15, -0.1) is 0 Å². The van der Waals surface area contributed by atoms with E-state index in [0.29, 0.717) is 19.1 Å². The Labute approximate surface area is 109 Å². The number of carbonyl (C=O) groups is 1. The fourth-order valence-electron chi connectivity index (χ4n) is 2.04. The highest BCUT2D eigenvalue weighted by atomic mass is 16.6. The standard InChI is InChI=1S/C13H26N2O3/c1-9(6-10(2)16)14-11-7-15(8-11)12(17)18-13(3,4)5/h9-11,14,16H,6-8H2,1-5H3. The van der Waals surface area contributed by atoms with Crippen LogP contribution in [-0.2, 0) is 4.74 Å². The number of likely N-dealkylation sites (tertiary alicyclic amines) is 1. The Morgan fingerprint density at radius 3 is 2.44 bits per heavy atom. The highest BCUT2D eigenvalue weighted by molar-refractivity contribution is 5.69. The summed E-state index contributed by atoms with van der Waals surface area (Å²) >= 11 is 0. The fraction of sp³-hybridized carbons (Fsp3) is 0.923. The molecule has 0 aromatic heterocycles. The predicted octanol–water partition coefficient (Wildman–Crippen LogP) is 1.35. The maximum atomic E-state index is 11.7. The van der Waals surface area contributed by atoms with Crippen LogP contribution in [0.3, 0.4) is 0 Å². The summed E-state index contributed by atoms with van der Waals surface area (Å²) < 4.78 is 5.28. The third kappa shape index (κ3) is 5.23. The lowest BCUT2D eigenvalue weighted by atomic mass is 10.1. The molecule has 2 atom stereocenters. The van der Waals surface area contributed by atoms with Crippen molar-refractivity contribution in [1.29, 1.82) is 0 Å². The molecule has 1 rings (SSSR count). The number of ether oxygens (including phenoxy) is 1. The third-order valence-corrected chi connectivity index (χ3v) is 2.75. The van der Waals surface area contributed by atoms with Gasteiger partial charge in [0.25, 0.3) is 0 Å². The van der Waals surface area contributed by atoms with Crippen LogP contribution in [0.2, 0.25) is 0 Å². The number of hydrogen-bond donors (Lipinski definition) is 2. The molecule has 0 aromatic rings. The van der Waals surface area contributed by atoms with Gasteiger partial charge in [0.1, 0.15) is 5.60 Å². The van der Waals surface area contributed by atoms with E-state index in [1.54, 1.807) is 11.8 Å². The predicted molar refractivity (Wildman–Crippen MR) is 70.5 cm³/mol. The van der Waals surface area contributed by atoms with E-state index in [0.717, 1.165) is 6.42 Å². The van der Waals surface area contributed by atoms with Crippen LogP contribution < -0.4 is 5.32 Å². The summed E-state index contributed by atoms with van der Waals surface area (Å²) in [5.41, 5.74) is -0.435. The van der Waals surface area contributed by atoms with Gasteiger partial charge in [0.05, 0.1) is 6.10 Å². The highest BCUT2D eigenvalue weighted by Crippen LogP contribution is 2.15. The van der Waals surface area contributed by atoms with Gasteiger partial charge in [-0.3, -0.25) is 0 Å². The minimum atomic E-state index is -0.435. The second kappa shape index (κ2) is 5.89. The molecule has 1 fully saturated rings. The van der Waals surface area contributed by atoms with Crippen molar-refractivity contribution in [1.82, 2.24) is 10.2 Å². The van der Waals surface area contributed by atoms with Crippen LogP contribution in [0.5, 0.6) is 0 Å². The van der Waals surface area contributed by atoms with Gasteiger partial charge < -0.3 is 20.1 Å². The van der Waals surface area contributed by atoms with Crippen LogP contribution in [-0.4, -0.2) is 53.0 Å². The van der Waals surface area contributed by atoms with Gasteiger partial charge in [-0.1, -0.05) is 0 Å². The first-order chi connectivity index (χ1) is 8.17. The molecule has 5 heteroatoms. The van der Waals surface area contributed by atoms with Crippen LogP contribution in [0, 0.1) is 0 Å². The molecular formula is C13H26N2O3. The molecule has 1 aliphatic rings. The molecule has 2 N–H and O–H groups in total. The van der Waals surface area contributed by atoms with Crippen molar-refractivity contribution in [3.63, 3.8) is 0 Å². The molecule has 0 saturated carbocycles. The molecular weight excluding hydrogens is 232 g/mol. The summed E-state index contributed by atoms with van der Waals surface area (Å²) in [7, 11) is 0. The molecule has 2 unspecified atom stereocenters. The molecule has 0 aromatic carbocycles. The van der Waals surface area contributed by atoms with Crippen molar-refractivity contribution in [2.45, 2.75) is 64.8 Å². The molecule has 0 bridgehead atoms. The summed E-state index contributed by atoms with van der Waals surface area (Å²) in [5.74, 6) is 0. The van der Waals surface area contributed by atoms with Gasteiger partial charge in [-0.2, -0.15) is 0 Å². The minimum absolute atomic E-state index is 0.247. The quantitative estimate of drug-likeness (QED) is 0.799. The third-order valence-electron chi connectivity index (χ3n) is 2.75. The monoisotopic (exact) mass is 258 g/mol. The molecule has 1 amide bonds. The largest absolute Gasteiger partial charge is 0.444 e. The van der Waals surface area contributed by atoms with E-state index < -0.39 is 5.60 Å². The summed E-state index contributed by atoms with van der Waals surface area (Å²) in [5, 5.41) is 12.7. The fourth-order valence-corrected chi connectivity index (χ4v) is 2.04. The van der Waals surface area contributed by atoms with Gasteiger partial charge in [0.15, 0.2) is 0 Å². The van der Waals surface area contributed by atoms with Crippen molar-refractivity contribution in [2.24, 2.45) is 0 Å². The molecule has 1 aliphatic heterocycles. The van der Waals surface area contributed by atoms with E-state index in [9.17, 15) is 9.90 Å². The first-order valence-electron chi connectivity index (χ1n) is 6.59. The van der Waals surface area contributed by atoms with Crippen LogP contribution in [0.15, 0.2) is 0 Å². The van der Waals surface area contributed by atoms with E-state index in [4.69, 9.17) is 4.74 Å². The molecule has 0 radical (unpaired) electrons. The smallest absolute Gasteiger partial charge is 0.410 e. The summed E-state index contributed by atoms with van der Waals surface area (Å²) in [6, 6.07) is 0.571. The minimum Gasteiger partial charge on any atom is -0.444 e. The Kier molecular flexibility index (Phi) is 4.99. The first kappa shape index (κ1) is 15.2. The zero-order valence-electron chi connectivity index (χ0n) is 12.1. The first-order valence-corrected chi connectivity index (χ1v) is 6.59. The van der Waals surface area contributed by atoms with E-state index in [1.807, 2.05) is 27.7 Å². The topological polar surface area (TPSA) is 61.8 Å². The second-order valence-corrected chi connectivity index (χ2v) is 6.23. The second-order valence-electron chi connectivity index (χ2n) is 6.23. The van der Waals surface area contributed by atoms with Crippen molar-refractivity contribution in [2.75, 3.05) is 13.1 Å². The molecule has 1 saturated heterocycles. The molecule has 5 nitrogen and oxygen atoms in total. The van der Waals surface area contributed by atoms with E-state index >= 15 is 0 Å². The van der Waals surface area contributed by atoms with Gasteiger partial charge in [-0.05, 0) is 41.0 Å². The van der Waals surface area contributed by atoms with Crippen molar-refractivity contribution in [3.8, 4) is 0 Å². The lowest BCUT2D eigenvalue weighted by Crippen LogP contribution is -2.62. The van der Waals surface area contributed by atoms with Crippen LogP contribution in [0.25, 0.3) is 0 Å². The van der Waals surface area contributed by atoms with Gasteiger partial charge >= 0.3 is 6.09 Å². The normalized spacial score (nSPS) is 20.2. The zero-order valence-corrected chi connectivity index (χ0v) is 12.1. The molecule has 0 aliphatic carbocycles. The number of aliphatic hydroxyl groups is 1. The number of nitrogens with one attached hydrogen (secondary N) is 1. The zero-order chi connectivity index (χ0) is 13.9. The average molecular weight is 258 g/mol. The van der Waals surface area contributed by atoms with Crippen LogP contribution >= 0.6 is 0 Å². The van der Waals surface area contributed by atoms with Crippen molar-refractivity contribution in [3.05, 3.63) is 0 Å². The Hall–Kier alpha value is -0.810. The van der Waals surface area contributed by atoms with Gasteiger partial charge in [0, 0.05) is 25.2 Å². The summed E-state index contributed by atoms with van der Waals surface area (Å²) in [6.45, 7) is 10.8. The molecule has 0 spiro atoms. The number of amides is 1. The molecule has 1 heterocycles. The Morgan fingerprint density at radius 2 is 2.00 bits per heavy atom. The van der Waals surface area contributed by atoms with Crippen LogP contribution in [0.4, 0.5) is 4.79 Å².